The maximum absolute atomic E-state index is 12.2. The highest BCUT2D eigenvalue weighted by Gasteiger charge is 2.33. The number of benzene rings is 1. The van der Waals surface area contributed by atoms with E-state index in [1.165, 1.54) is 0 Å². The van der Waals surface area contributed by atoms with Crippen molar-refractivity contribution in [2.75, 3.05) is 17.7 Å². The second-order valence-corrected chi connectivity index (χ2v) is 7.09. The Morgan fingerprint density at radius 3 is 2.59 bits per heavy atom. The van der Waals surface area contributed by atoms with Crippen molar-refractivity contribution in [2.24, 2.45) is 0 Å². The summed E-state index contributed by atoms with van der Waals surface area (Å²) in [4.78, 5) is 2.58. The fourth-order valence-corrected chi connectivity index (χ4v) is 4.25. The van der Waals surface area contributed by atoms with Crippen LogP contribution < -0.4 is 4.90 Å². The summed E-state index contributed by atoms with van der Waals surface area (Å²) in [6, 6.07) is 5.62. The molecule has 2 rings (SSSR count). The third kappa shape index (κ3) is 1.95. The first-order valence-electron chi connectivity index (χ1n) is 5.93. The number of anilines is 1. The van der Waals surface area contributed by atoms with Gasteiger partial charge in [-0.15, -0.1) is 0 Å². The van der Waals surface area contributed by atoms with Gasteiger partial charge in [-0.3, -0.25) is 0 Å². The van der Waals surface area contributed by atoms with Crippen LogP contribution in [0.2, 0.25) is 0 Å². The predicted octanol–water partition coefficient (Wildman–Crippen LogP) is 2.42. The first-order chi connectivity index (χ1) is 7.84. The van der Waals surface area contributed by atoms with Gasteiger partial charge in [0.1, 0.15) is 0 Å². The molecular weight excluding hydrogens is 234 g/mol. The molecule has 1 aromatic rings. The van der Waals surface area contributed by atoms with Gasteiger partial charge in [-0.05, 0) is 24.5 Å². The number of sulfone groups is 1. The molecule has 4 heteroatoms. The molecule has 3 nitrogen and oxygen atoms in total. The zero-order valence-corrected chi connectivity index (χ0v) is 11.6. The molecule has 1 heterocycles. The van der Waals surface area contributed by atoms with E-state index in [0.29, 0.717) is 10.8 Å². The van der Waals surface area contributed by atoms with Crippen molar-refractivity contribution < 1.29 is 8.42 Å². The Balaban J connectivity index is 2.75. The van der Waals surface area contributed by atoms with Crippen LogP contribution in [0.1, 0.15) is 32.3 Å². The Kier molecular flexibility index (Phi) is 2.94. The van der Waals surface area contributed by atoms with E-state index in [4.69, 9.17) is 0 Å². The fraction of sp³-hybridized carbons (Fsp3) is 0.538. The van der Waals surface area contributed by atoms with Crippen LogP contribution in [0.3, 0.4) is 0 Å². The van der Waals surface area contributed by atoms with E-state index in [9.17, 15) is 8.42 Å². The van der Waals surface area contributed by atoms with Gasteiger partial charge in [0, 0.05) is 13.1 Å². The van der Waals surface area contributed by atoms with Gasteiger partial charge in [-0.25, -0.2) is 8.42 Å². The van der Waals surface area contributed by atoms with E-state index in [-0.39, 0.29) is 11.8 Å². The quantitative estimate of drug-likeness (QED) is 0.771. The van der Waals surface area contributed by atoms with Gasteiger partial charge in [-0.1, -0.05) is 26.0 Å². The monoisotopic (exact) mass is 253 g/mol. The lowest BCUT2D eigenvalue weighted by molar-refractivity contribution is 0.578. The molecule has 0 radical (unpaired) electrons. The van der Waals surface area contributed by atoms with Crippen LogP contribution in [-0.4, -0.2) is 27.3 Å². The SMILES string of the molecule is CC(C)c1cccc2c1N(C)C(C)CS2(=O)=O. The molecule has 0 aliphatic carbocycles. The highest BCUT2D eigenvalue weighted by molar-refractivity contribution is 7.91. The summed E-state index contributed by atoms with van der Waals surface area (Å²) in [7, 11) is -1.15. The van der Waals surface area contributed by atoms with E-state index in [0.717, 1.165) is 11.3 Å². The summed E-state index contributed by atoms with van der Waals surface area (Å²) in [6.07, 6.45) is 0. The molecule has 94 valence electrons. The summed E-state index contributed by atoms with van der Waals surface area (Å²) < 4.78 is 24.4. The van der Waals surface area contributed by atoms with Gasteiger partial charge in [0.2, 0.25) is 0 Å². The number of hydrogen-bond donors (Lipinski definition) is 0. The minimum atomic E-state index is -3.12. The Morgan fingerprint density at radius 1 is 1.35 bits per heavy atom. The van der Waals surface area contributed by atoms with Crippen LogP contribution in [0.4, 0.5) is 5.69 Å². The second-order valence-electron chi connectivity index (χ2n) is 5.09. The minimum Gasteiger partial charge on any atom is -0.370 e. The van der Waals surface area contributed by atoms with Crippen LogP contribution in [0.5, 0.6) is 0 Å². The van der Waals surface area contributed by atoms with Gasteiger partial charge in [-0.2, -0.15) is 0 Å². The molecule has 0 fully saturated rings. The van der Waals surface area contributed by atoms with Crippen molar-refractivity contribution in [3.8, 4) is 0 Å². The molecule has 0 aromatic heterocycles. The average molecular weight is 253 g/mol. The first kappa shape index (κ1) is 12.4. The zero-order chi connectivity index (χ0) is 12.8. The standard InChI is InChI=1S/C13H19NO2S/c1-9(2)11-6-5-7-12-13(11)14(4)10(3)8-17(12,15)16/h5-7,9-10H,8H2,1-4H3. The predicted molar refractivity (Wildman–Crippen MR) is 70.4 cm³/mol. The number of para-hydroxylation sites is 1. The van der Waals surface area contributed by atoms with Crippen molar-refractivity contribution in [2.45, 2.75) is 37.6 Å². The Labute approximate surface area is 103 Å². The number of fused-ring (bicyclic) bond motifs is 1. The van der Waals surface area contributed by atoms with E-state index >= 15 is 0 Å². The molecule has 0 amide bonds. The van der Waals surface area contributed by atoms with E-state index in [1.807, 2.05) is 26.1 Å². The lowest BCUT2D eigenvalue weighted by Gasteiger charge is -2.35. The van der Waals surface area contributed by atoms with Crippen LogP contribution in [-0.2, 0) is 9.84 Å². The van der Waals surface area contributed by atoms with E-state index < -0.39 is 9.84 Å². The molecule has 0 bridgehead atoms. The molecule has 0 spiro atoms. The van der Waals surface area contributed by atoms with E-state index in [1.54, 1.807) is 6.07 Å². The Morgan fingerprint density at radius 2 is 2.00 bits per heavy atom. The average Bonchev–Trinajstić information content (AvgIpc) is 2.24. The molecule has 17 heavy (non-hydrogen) atoms. The molecule has 0 saturated carbocycles. The molecule has 0 saturated heterocycles. The summed E-state index contributed by atoms with van der Waals surface area (Å²) in [5.74, 6) is 0.533. The third-order valence-electron chi connectivity index (χ3n) is 3.46. The zero-order valence-electron chi connectivity index (χ0n) is 10.8. The second kappa shape index (κ2) is 4.02. The summed E-state index contributed by atoms with van der Waals surface area (Å²) >= 11 is 0. The summed E-state index contributed by atoms with van der Waals surface area (Å²) in [6.45, 7) is 6.14. The normalized spacial score (nSPS) is 22.6. The van der Waals surface area contributed by atoms with Gasteiger partial charge >= 0.3 is 0 Å². The van der Waals surface area contributed by atoms with Gasteiger partial charge in [0.15, 0.2) is 9.84 Å². The topological polar surface area (TPSA) is 37.4 Å². The van der Waals surface area contributed by atoms with Crippen LogP contribution in [0.25, 0.3) is 0 Å². The Hall–Kier alpha value is -1.03. The van der Waals surface area contributed by atoms with Crippen molar-refractivity contribution in [3.63, 3.8) is 0 Å². The van der Waals surface area contributed by atoms with Crippen molar-refractivity contribution in [1.29, 1.82) is 0 Å². The third-order valence-corrected chi connectivity index (χ3v) is 5.38. The largest absolute Gasteiger partial charge is 0.370 e. The molecule has 1 atom stereocenters. The summed E-state index contributed by atoms with van der Waals surface area (Å²) in [5.41, 5.74) is 2.00. The smallest absolute Gasteiger partial charge is 0.182 e. The molecule has 1 aliphatic heterocycles. The van der Waals surface area contributed by atoms with Crippen LogP contribution >= 0.6 is 0 Å². The van der Waals surface area contributed by atoms with Crippen molar-refractivity contribution in [1.82, 2.24) is 0 Å². The van der Waals surface area contributed by atoms with Gasteiger partial charge < -0.3 is 4.90 Å². The molecule has 1 aromatic carbocycles. The van der Waals surface area contributed by atoms with E-state index in [2.05, 4.69) is 18.7 Å². The van der Waals surface area contributed by atoms with Gasteiger partial charge in [0.25, 0.3) is 0 Å². The number of nitrogens with zero attached hydrogens (tertiary/aromatic N) is 1. The molecular formula is C13H19NO2S. The minimum absolute atomic E-state index is 0.0346. The summed E-state index contributed by atoms with van der Waals surface area (Å²) in [5, 5.41) is 0. The fourth-order valence-electron chi connectivity index (χ4n) is 2.37. The van der Waals surface area contributed by atoms with Crippen molar-refractivity contribution in [3.05, 3.63) is 23.8 Å². The Bertz CT molecular complexity index is 534. The maximum Gasteiger partial charge on any atom is 0.182 e. The molecule has 1 unspecified atom stereocenters. The highest BCUT2D eigenvalue weighted by Crippen LogP contribution is 2.38. The molecule has 0 N–H and O–H groups in total. The lowest BCUT2D eigenvalue weighted by Crippen LogP contribution is -2.40. The maximum atomic E-state index is 12.2. The number of hydrogen-bond acceptors (Lipinski definition) is 3. The van der Waals surface area contributed by atoms with Crippen LogP contribution in [0, 0.1) is 0 Å². The van der Waals surface area contributed by atoms with Crippen LogP contribution in [0.15, 0.2) is 23.1 Å². The number of rotatable bonds is 1. The lowest BCUT2D eigenvalue weighted by atomic mass is 10.00. The van der Waals surface area contributed by atoms with Gasteiger partial charge in [0.05, 0.1) is 16.3 Å². The molecule has 1 aliphatic rings. The first-order valence-corrected chi connectivity index (χ1v) is 7.58. The highest BCUT2D eigenvalue weighted by atomic mass is 32.2. The van der Waals surface area contributed by atoms with Crippen molar-refractivity contribution >= 4 is 15.5 Å².